The van der Waals surface area contributed by atoms with Gasteiger partial charge in [-0.2, -0.15) is 0 Å². The monoisotopic (exact) mass is 307 g/mol. The molecule has 0 saturated heterocycles. The van der Waals surface area contributed by atoms with Crippen LogP contribution in [0.15, 0.2) is 18.2 Å². The van der Waals surface area contributed by atoms with Gasteiger partial charge >= 0.3 is 0 Å². The maximum Gasteiger partial charge on any atom is 0.132 e. The van der Waals surface area contributed by atoms with Crippen molar-refractivity contribution in [2.24, 2.45) is 0 Å². The summed E-state index contributed by atoms with van der Waals surface area (Å²) in [6, 6.07) is 5.33. The summed E-state index contributed by atoms with van der Waals surface area (Å²) < 4.78 is 21.2. The maximum absolute atomic E-state index is 14.2. The van der Waals surface area contributed by atoms with Gasteiger partial charge in [0.25, 0.3) is 0 Å². The second kappa shape index (κ2) is 6.86. The fourth-order valence-corrected chi connectivity index (χ4v) is 3.82. The van der Waals surface area contributed by atoms with Gasteiger partial charge in [0, 0.05) is 27.1 Å². The van der Waals surface area contributed by atoms with Gasteiger partial charge in [-0.25, -0.2) is 4.39 Å². The molecule has 0 radical (unpaired) electrons. The van der Waals surface area contributed by atoms with E-state index in [1.54, 1.807) is 23.5 Å². The van der Waals surface area contributed by atoms with E-state index in [-0.39, 0.29) is 5.82 Å². The minimum Gasteiger partial charge on any atom is -0.373 e. The smallest absolute Gasteiger partial charge is 0.132 e. The van der Waals surface area contributed by atoms with Crippen LogP contribution in [0.25, 0.3) is 10.1 Å². The zero-order valence-corrected chi connectivity index (χ0v) is 13.3. The third-order valence-corrected chi connectivity index (χ3v) is 5.27. The Morgan fingerprint density at radius 3 is 2.95 bits per heavy atom. The highest BCUT2D eigenvalue weighted by Crippen LogP contribution is 2.35. The van der Waals surface area contributed by atoms with Crippen LogP contribution in [0.3, 0.4) is 0 Å². The van der Waals surface area contributed by atoms with Gasteiger partial charge in [-0.05, 0) is 44.4 Å². The van der Waals surface area contributed by atoms with E-state index in [1.165, 1.54) is 11.3 Å². The van der Waals surface area contributed by atoms with Crippen LogP contribution in [0.2, 0.25) is 0 Å². The molecule has 114 valence electrons. The Bertz CT molecular complexity index is 606. The second-order valence-electron chi connectivity index (χ2n) is 5.66. The summed E-state index contributed by atoms with van der Waals surface area (Å²) in [6.45, 7) is 4.47. The van der Waals surface area contributed by atoms with E-state index < -0.39 is 0 Å². The molecule has 0 spiro atoms. The lowest BCUT2D eigenvalue weighted by Gasteiger charge is -2.25. The number of fused-ring (bicyclic) bond motifs is 1. The van der Waals surface area contributed by atoms with Gasteiger partial charge in [-0.15, -0.1) is 11.3 Å². The highest BCUT2D eigenvalue weighted by atomic mass is 32.1. The molecule has 4 heteroatoms. The zero-order valence-electron chi connectivity index (χ0n) is 12.5. The zero-order chi connectivity index (χ0) is 14.7. The summed E-state index contributed by atoms with van der Waals surface area (Å²) in [7, 11) is 0. The highest BCUT2D eigenvalue weighted by molar-refractivity contribution is 7.19. The molecule has 0 amide bonds. The standard InChI is InChI=1S/C17H22FNOS/c1-2-9-19-10-16-13(11-20-12-5-3-6-12)17-14(18)7-4-8-15(17)21-16/h4,7-8,12,19H,2-3,5-6,9-11H2,1H3. The number of rotatable bonds is 7. The summed E-state index contributed by atoms with van der Waals surface area (Å²) in [6.07, 6.45) is 5.03. The molecular weight excluding hydrogens is 285 g/mol. The first kappa shape index (κ1) is 14.9. The van der Waals surface area contributed by atoms with Gasteiger partial charge in [0.15, 0.2) is 0 Å². The summed E-state index contributed by atoms with van der Waals surface area (Å²) in [4.78, 5) is 1.21. The molecule has 2 aromatic rings. The molecule has 1 aromatic heterocycles. The van der Waals surface area contributed by atoms with Crippen molar-refractivity contribution in [1.29, 1.82) is 0 Å². The third kappa shape index (κ3) is 3.28. The number of halogens is 1. The number of benzene rings is 1. The molecule has 21 heavy (non-hydrogen) atoms. The molecule has 1 aliphatic rings. The lowest BCUT2D eigenvalue weighted by atomic mass is 9.96. The van der Waals surface area contributed by atoms with Gasteiger partial charge in [0.1, 0.15) is 5.82 Å². The molecule has 1 heterocycles. The Morgan fingerprint density at radius 1 is 1.38 bits per heavy atom. The minimum absolute atomic E-state index is 0.127. The first-order valence-electron chi connectivity index (χ1n) is 7.80. The second-order valence-corrected chi connectivity index (χ2v) is 6.79. The van der Waals surface area contributed by atoms with Crippen LogP contribution < -0.4 is 5.32 Å². The van der Waals surface area contributed by atoms with E-state index in [4.69, 9.17) is 4.74 Å². The SMILES string of the molecule is CCCNCc1sc2cccc(F)c2c1COC1CCC1. The lowest BCUT2D eigenvalue weighted by molar-refractivity contribution is -0.00837. The van der Waals surface area contributed by atoms with E-state index in [2.05, 4.69) is 12.2 Å². The predicted octanol–water partition coefficient (Wildman–Crippen LogP) is 4.61. The van der Waals surface area contributed by atoms with Crippen LogP contribution in [0.4, 0.5) is 4.39 Å². The van der Waals surface area contributed by atoms with Crippen LogP contribution >= 0.6 is 11.3 Å². The van der Waals surface area contributed by atoms with Crippen LogP contribution in [-0.2, 0) is 17.9 Å². The van der Waals surface area contributed by atoms with E-state index >= 15 is 0 Å². The van der Waals surface area contributed by atoms with Gasteiger partial charge in [-0.1, -0.05) is 13.0 Å². The van der Waals surface area contributed by atoms with Crippen molar-refractivity contribution < 1.29 is 9.13 Å². The molecule has 1 saturated carbocycles. The van der Waals surface area contributed by atoms with Crippen molar-refractivity contribution in [3.05, 3.63) is 34.5 Å². The number of nitrogens with one attached hydrogen (secondary N) is 1. The number of hydrogen-bond donors (Lipinski definition) is 1. The van der Waals surface area contributed by atoms with Crippen molar-refractivity contribution >= 4 is 21.4 Å². The summed E-state index contributed by atoms with van der Waals surface area (Å²) in [5.41, 5.74) is 1.05. The van der Waals surface area contributed by atoms with Gasteiger partial charge in [0.05, 0.1) is 12.7 Å². The topological polar surface area (TPSA) is 21.3 Å². The predicted molar refractivity (Wildman–Crippen MR) is 86.2 cm³/mol. The lowest BCUT2D eigenvalue weighted by Crippen LogP contribution is -2.21. The Morgan fingerprint density at radius 2 is 2.24 bits per heavy atom. The fraction of sp³-hybridized carbons (Fsp3) is 0.529. The molecule has 3 rings (SSSR count). The van der Waals surface area contributed by atoms with Crippen molar-refractivity contribution in [2.75, 3.05) is 6.54 Å². The molecule has 1 aromatic carbocycles. The molecule has 1 N–H and O–H groups in total. The van der Waals surface area contributed by atoms with Crippen molar-refractivity contribution in [2.45, 2.75) is 51.9 Å². The van der Waals surface area contributed by atoms with Gasteiger partial charge in [-0.3, -0.25) is 0 Å². The number of ether oxygens (including phenoxy) is 1. The Kier molecular flexibility index (Phi) is 4.88. The van der Waals surface area contributed by atoms with Crippen LogP contribution in [-0.4, -0.2) is 12.6 Å². The molecule has 0 bridgehead atoms. The van der Waals surface area contributed by atoms with E-state index in [0.717, 1.165) is 48.0 Å². The summed E-state index contributed by atoms with van der Waals surface area (Å²) in [5, 5.41) is 4.18. The molecule has 1 fully saturated rings. The summed E-state index contributed by atoms with van der Waals surface area (Å²) >= 11 is 1.68. The normalized spacial score (nSPS) is 15.5. The van der Waals surface area contributed by atoms with Crippen molar-refractivity contribution in [3.8, 4) is 0 Å². The number of thiophene rings is 1. The molecule has 1 aliphatic carbocycles. The Hall–Kier alpha value is -0.970. The third-order valence-electron chi connectivity index (χ3n) is 4.07. The Labute approximate surface area is 129 Å². The molecule has 2 nitrogen and oxygen atoms in total. The van der Waals surface area contributed by atoms with Gasteiger partial charge < -0.3 is 10.1 Å². The number of hydrogen-bond acceptors (Lipinski definition) is 3. The van der Waals surface area contributed by atoms with Crippen molar-refractivity contribution in [3.63, 3.8) is 0 Å². The largest absolute Gasteiger partial charge is 0.373 e. The molecule has 0 atom stereocenters. The van der Waals surface area contributed by atoms with Crippen LogP contribution in [0, 0.1) is 5.82 Å². The average molecular weight is 307 g/mol. The van der Waals surface area contributed by atoms with Crippen LogP contribution in [0.1, 0.15) is 43.0 Å². The molecule has 0 unspecified atom stereocenters. The van der Waals surface area contributed by atoms with E-state index in [1.807, 2.05) is 6.07 Å². The van der Waals surface area contributed by atoms with Crippen LogP contribution in [0.5, 0.6) is 0 Å². The average Bonchev–Trinajstić information content (AvgIpc) is 2.77. The maximum atomic E-state index is 14.2. The highest BCUT2D eigenvalue weighted by Gasteiger charge is 2.21. The summed E-state index contributed by atoms with van der Waals surface area (Å²) in [5.74, 6) is -0.127. The minimum atomic E-state index is -0.127. The van der Waals surface area contributed by atoms with Crippen molar-refractivity contribution in [1.82, 2.24) is 5.32 Å². The quantitative estimate of drug-likeness (QED) is 0.754. The fourth-order valence-electron chi connectivity index (χ4n) is 2.63. The first-order chi connectivity index (χ1) is 10.3. The molecule has 0 aliphatic heterocycles. The van der Waals surface area contributed by atoms with Gasteiger partial charge in [0.2, 0.25) is 0 Å². The Balaban J connectivity index is 1.85. The first-order valence-corrected chi connectivity index (χ1v) is 8.62. The molecular formula is C17H22FNOS. The van der Waals surface area contributed by atoms with E-state index in [9.17, 15) is 4.39 Å². The van der Waals surface area contributed by atoms with E-state index in [0.29, 0.717) is 12.7 Å².